The van der Waals surface area contributed by atoms with Gasteiger partial charge in [-0.15, -0.1) is 0 Å². The van der Waals surface area contributed by atoms with Crippen molar-refractivity contribution in [3.63, 3.8) is 0 Å². The second-order valence-electron chi connectivity index (χ2n) is 4.21. The zero-order valence-electron chi connectivity index (χ0n) is 11.3. The Morgan fingerprint density at radius 3 is 2.38 bits per heavy atom. The third-order valence-electron chi connectivity index (χ3n) is 2.78. The smallest absolute Gasteiger partial charge is 0.270 e. The lowest BCUT2D eigenvalue weighted by molar-refractivity contribution is -0.384. The average molecular weight is 280 g/mol. The fourth-order valence-corrected chi connectivity index (χ4v) is 1.69. The van der Waals surface area contributed by atoms with Gasteiger partial charge in [-0.25, -0.2) is 0 Å². The molecule has 0 heterocycles. The number of benzene rings is 2. The summed E-state index contributed by atoms with van der Waals surface area (Å²) in [6.45, 7) is 0. The van der Waals surface area contributed by atoms with Gasteiger partial charge in [0.25, 0.3) is 11.6 Å². The van der Waals surface area contributed by atoms with Gasteiger partial charge < -0.3 is 5.32 Å². The Morgan fingerprint density at radius 2 is 1.76 bits per heavy atom. The van der Waals surface area contributed by atoms with E-state index in [1.807, 2.05) is 0 Å². The highest BCUT2D eigenvalue weighted by Crippen LogP contribution is 2.12. The second kappa shape index (κ2) is 6.35. The molecular formula is C16H12N2O3. The number of rotatable bonds is 2. The number of nitro groups is 1. The summed E-state index contributed by atoms with van der Waals surface area (Å²) >= 11 is 0. The number of hydrogen-bond acceptors (Lipinski definition) is 3. The second-order valence-corrected chi connectivity index (χ2v) is 4.21. The van der Waals surface area contributed by atoms with E-state index in [0.717, 1.165) is 5.56 Å². The van der Waals surface area contributed by atoms with E-state index in [1.54, 1.807) is 43.4 Å². The molecule has 21 heavy (non-hydrogen) atoms. The van der Waals surface area contributed by atoms with Crippen molar-refractivity contribution in [3.8, 4) is 11.8 Å². The maximum absolute atomic E-state index is 11.4. The summed E-state index contributed by atoms with van der Waals surface area (Å²) in [7, 11) is 1.57. The summed E-state index contributed by atoms with van der Waals surface area (Å²) in [4.78, 5) is 21.6. The molecule has 1 amide bonds. The molecule has 0 saturated carbocycles. The highest BCUT2D eigenvalue weighted by atomic mass is 16.6. The van der Waals surface area contributed by atoms with Crippen molar-refractivity contribution in [2.45, 2.75) is 0 Å². The van der Waals surface area contributed by atoms with Crippen LogP contribution in [0.15, 0.2) is 48.5 Å². The molecule has 0 fully saturated rings. The molecule has 5 nitrogen and oxygen atoms in total. The monoisotopic (exact) mass is 280 g/mol. The van der Waals surface area contributed by atoms with Gasteiger partial charge in [-0.2, -0.15) is 0 Å². The molecule has 0 aromatic heterocycles. The molecule has 0 atom stereocenters. The van der Waals surface area contributed by atoms with Crippen LogP contribution < -0.4 is 5.32 Å². The minimum absolute atomic E-state index is 0.0109. The van der Waals surface area contributed by atoms with Crippen molar-refractivity contribution < 1.29 is 9.72 Å². The fourth-order valence-electron chi connectivity index (χ4n) is 1.69. The van der Waals surface area contributed by atoms with Gasteiger partial charge in [-0.3, -0.25) is 14.9 Å². The number of non-ortho nitro benzene ring substituents is 1. The third kappa shape index (κ3) is 3.67. The Hall–Kier alpha value is -3.13. The molecule has 5 heteroatoms. The minimum Gasteiger partial charge on any atom is -0.355 e. The van der Waals surface area contributed by atoms with Crippen LogP contribution in [0.1, 0.15) is 21.5 Å². The predicted octanol–water partition coefficient (Wildman–Crippen LogP) is 2.35. The Labute approximate surface area is 121 Å². The van der Waals surface area contributed by atoms with Crippen LogP contribution in [0.5, 0.6) is 0 Å². The average Bonchev–Trinajstić information content (AvgIpc) is 2.53. The van der Waals surface area contributed by atoms with Crippen LogP contribution in [0.3, 0.4) is 0 Å². The van der Waals surface area contributed by atoms with E-state index >= 15 is 0 Å². The van der Waals surface area contributed by atoms with Crippen LogP contribution in [0.4, 0.5) is 5.69 Å². The molecule has 0 aliphatic rings. The molecule has 0 aliphatic carbocycles. The number of nitro benzene ring substituents is 1. The lowest BCUT2D eigenvalue weighted by Gasteiger charge is -1.98. The maximum atomic E-state index is 11.4. The predicted molar refractivity (Wildman–Crippen MR) is 78.9 cm³/mol. The SMILES string of the molecule is CNC(=O)c1ccc(C#Cc2cccc([N+](=O)[O-])c2)cc1. The van der Waals surface area contributed by atoms with Gasteiger partial charge in [0.15, 0.2) is 0 Å². The number of carbonyl (C=O) groups is 1. The lowest BCUT2D eigenvalue weighted by Crippen LogP contribution is -2.17. The van der Waals surface area contributed by atoms with Crippen molar-refractivity contribution in [1.29, 1.82) is 0 Å². The molecule has 2 rings (SSSR count). The Kier molecular flexibility index (Phi) is 4.32. The highest BCUT2D eigenvalue weighted by molar-refractivity contribution is 5.94. The standard InChI is InChI=1S/C16H12N2O3/c1-17-16(19)14-9-7-12(8-10-14)5-6-13-3-2-4-15(11-13)18(20)21/h2-4,7-11H,1H3,(H,17,19). The molecule has 2 aromatic rings. The van der Waals surface area contributed by atoms with Gasteiger partial charge in [0, 0.05) is 35.9 Å². The van der Waals surface area contributed by atoms with Gasteiger partial charge >= 0.3 is 0 Å². The van der Waals surface area contributed by atoms with Crippen molar-refractivity contribution in [3.05, 3.63) is 75.3 Å². The van der Waals surface area contributed by atoms with E-state index in [9.17, 15) is 14.9 Å². The van der Waals surface area contributed by atoms with Crippen molar-refractivity contribution in [1.82, 2.24) is 5.32 Å². The molecule has 0 aliphatic heterocycles. The topological polar surface area (TPSA) is 72.2 Å². The summed E-state index contributed by atoms with van der Waals surface area (Å²) in [6, 6.07) is 13.0. The maximum Gasteiger partial charge on any atom is 0.270 e. The first kappa shape index (κ1) is 14.3. The van der Waals surface area contributed by atoms with Crippen LogP contribution in [0, 0.1) is 22.0 Å². The molecule has 0 unspecified atom stereocenters. The van der Waals surface area contributed by atoms with Crippen LogP contribution in [0.25, 0.3) is 0 Å². The summed E-state index contributed by atoms with van der Waals surface area (Å²) < 4.78 is 0. The number of amides is 1. The van der Waals surface area contributed by atoms with Crippen LogP contribution in [-0.4, -0.2) is 17.9 Å². The molecule has 0 radical (unpaired) electrons. The van der Waals surface area contributed by atoms with E-state index in [1.165, 1.54) is 12.1 Å². The summed E-state index contributed by atoms with van der Waals surface area (Å²) in [5.74, 6) is 5.61. The molecule has 2 aromatic carbocycles. The highest BCUT2D eigenvalue weighted by Gasteiger charge is 2.04. The zero-order chi connectivity index (χ0) is 15.2. The van der Waals surface area contributed by atoms with E-state index < -0.39 is 4.92 Å². The van der Waals surface area contributed by atoms with Crippen molar-refractivity contribution >= 4 is 11.6 Å². The molecule has 0 spiro atoms. The van der Waals surface area contributed by atoms with Gasteiger partial charge in [0.2, 0.25) is 0 Å². The number of nitrogens with zero attached hydrogens (tertiary/aromatic N) is 1. The molecular weight excluding hydrogens is 268 g/mol. The van der Waals surface area contributed by atoms with Crippen LogP contribution in [-0.2, 0) is 0 Å². The number of nitrogens with one attached hydrogen (secondary N) is 1. The van der Waals surface area contributed by atoms with E-state index in [0.29, 0.717) is 11.1 Å². The molecule has 0 bridgehead atoms. The quantitative estimate of drug-likeness (QED) is 0.521. The van der Waals surface area contributed by atoms with Crippen LogP contribution in [0.2, 0.25) is 0 Å². The fraction of sp³-hybridized carbons (Fsp3) is 0.0625. The van der Waals surface area contributed by atoms with Gasteiger partial charge in [-0.05, 0) is 30.3 Å². The largest absolute Gasteiger partial charge is 0.355 e. The van der Waals surface area contributed by atoms with Crippen molar-refractivity contribution in [2.24, 2.45) is 0 Å². The van der Waals surface area contributed by atoms with Gasteiger partial charge in [-0.1, -0.05) is 17.9 Å². The van der Waals surface area contributed by atoms with Gasteiger partial charge in [0.1, 0.15) is 0 Å². The Morgan fingerprint density at radius 1 is 1.10 bits per heavy atom. The first-order chi connectivity index (χ1) is 10.1. The summed E-state index contributed by atoms with van der Waals surface area (Å²) in [5.41, 5.74) is 1.86. The third-order valence-corrected chi connectivity index (χ3v) is 2.78. The first-order valence-electron chi connectivity index (χ1n) is 6.19. The minimum atomic E-state index is -0.455. The van der Waals surface area contributed by atoms with E-state index in [2.05, 4.69) is 17.2 Å². The van der Waals surface area contributed by atoms with Gasteiger partial charge in [0.05, 0.1) is 4.92 Å². The zero-order valence-corrected chi connectivity index (χ0v) is 11.3. The normalized spacial score (nSPS) is 9.38. The summed E-state index contributed by atoms with van der Waals surface area (Å²) in [6.07, 6.45) is 0. The number of carbonyl (C=O) groups excluding carboxylic acids is 1. The Balaban J connectivity index is 2.21. The van der Waals surface area contributed by atoms with E-state index in [4.69, 9.17) is 0 Å². The number of hydrogen-bond donors (Lipinski definition) is 1. The molecule has 104 valence electrons. The summed E-state index contributed by atoms with van der Waals surface area (Å²) in [5, 5.41) is 13.2. The lowest BCUT2D eigenvalue weighted by atomic mass is 10.1. The molecule has 0 saturated heterocycles. The van der Waals surface area contributed by atoms with E-state index in [-0.39, 0.29) is 11.6 Å². The Bertz CT molecular complexity index is 740. The first-order valence-corrected chi connectivity index (χ1v) is 6.19. The molecule has 1 N–H and O–H groups in total. The van der Waals surface area contributed by atoms with Crippen LogP contribution >= 0.6 is 0 Å². The van der Waals surface area contributed by atoms with Crippen molar-refractivity contribution in [2.75, 3.05) is 7.05 Å².